The van der Waals surface area contributed by atoms with Gasteiger partial charge >= 0.3 is 12.1 Å². The number of nitrogens with zero attached hydrogens (tertiary/aromatic N) is 4. The highest BCUT2D eigenvalue weighted by Gasteiger charge is 2.41. The van der Waals surface area contributed by atoms with Crippen LogP contribution in [0.1, 0.15) is 35.4 Å². The third-order valence-electron chi connectivity index (χ3n) is 6.30. The molecule has 0 aliphatic carbocycles. The summed E-state index contributed by atoms with van der Waals surface area (Å²) in [7, 11) is 0. The molecule has 2 aromatic rings. The highest BCUT2D eigenvalue weighted by atomic mass is 19.4. The maximum Gasteiger partial charge on any atom is 0.435 e. The molecular weight excluding hydrogens is 444 g/mol. The van der Waals surface area contributed by atoms with Crippen molar-refractivity contribution >= 4 is 11.9 Å². The van der Waals surface area contributed by atoms with Crippen LogP contribution in [0.15, 0.2) is 24.3 Å². The van der Waals surface area contributed by atoms with Crippen LogP contribution < -0.4 is 0 Å². The predicted molar refractivity (Wildman–Crippen MR) is 109 cm³/mol. The lowest BCUT2D eigenvalue weighted by molar-refractivity contribution is -0.143. The van der Waals surface area contributed by atoms with Crippen LogP contribution >= 0.6 is 0 Å². The van der Waals surface area contributed by atoms with Crippen LogP contribution in [0.25, 0.3) is 0 Å². The van der Waals surface area contributed by atoms with E-state index in [1.165, 1.54) is 33.8 Å². The standard InChI is InChI=1S/C22H24F4N4O3/c23-16-3-1-14(2-4-16)11-30-18-12-29(10-7-17(18)20(27-30)22(24,25)26)19(31)13-28-8-5-15(6-9-28)21(32)33/h1-4,15H,5-13H2,(H,32,33). The number of amides is 1. The highest BCUT2D eigenvalue weighted by Crippen LogP contribution is 2.35. The van der Waals surface area contributed by atoms with Crippen LogP contribution in [0, 0.1) is 11.7 Å². The molecule has 1 saturated heterocycles. The molecule has 2 aliphatic rings. The van der Waals surface area contributed by atoms with Gasteiger partial charge in [0.2, 0.25) is 5.91 Å². The van der Waals surface area contributed by atoms with Gasteiger partial charge in [-0.1, -0.05) is 12.1 Å². The topological polar surface area (TPSA) is 78.7 Å². The minimum atomic E-state index is -4.61. The molecule has 0 radical (unpaired) electrons. The minimum Gasteiger partial charge on any atom is -0.481 e. The summed E-state index contributed by atoms with van der Waals surface area (Å²) in [5.74, 6) is -1.89. The van der Waals surface area contributed by atoms with E-state index < -0.39 is 29.6 Å². The van der Waals surface area contributed by atoms with Crippen molar-refractivity contribution in [2.45, 2.75) is 38.5 Å². The molecule has 1 aromatic heterocycles. The Kier molecular flexibility index (Phi) is 6.42. The zero-order chi connectivity index (χ0) is 23.8. The van der Waals surface area contributed by atoms with E-state index in [1.807, 2.05) is 4.90 Å². The van der Waals surface area contributed by atoms with Gasteiger partial charge in [-0.2, -0.15) is 18.3 Å². The number of aromatic nitrogens is 2. The van der Waals surface area contributed by atoms with E-state index in [9.17, 15) is 27.2 Å². The van der Waals surface area contributed by atoms with E-state index in [2.05, 4.69) is 5.10 Å². The summed E-state index contributed by atoms with van der Waals surface area (Å²) in [6.45, 7) is 1.27. The van der Waals surface area contributed by atoms with Crippen molar-refractivity contribution in [2.75, 3.05) is 26.2 Å². The van der Waals surface area contributed by atoms with E-state index in [0.29, 0.717) is 37.2 Å². The lowest BCUT2D eigenvalue weighted by Crippen LogP contribution is -2.46. The SMILES string of the molecule is O=C(O)C1CCN(CC(=O)N2CCc3c(C(F)(F)F)nn(Cc4ccc(F)cc4)c3C2)CC1. The number of carbonyl (C=O) groups is 2. The third-order valence-corrected chi connectivity index (χ3v) is 6.30. The van der Waals surface area contributed by atoms with Gasteiger partial charge in [0, 0.05) is 12.1 Å². The van der Waals surface area contributed by atoms with Crippen molar-refractivity contribution in [1.29, 1.82) is 0 Å². The number of aliphatic carboxylic acids is 1. The Morgan fingerprint density at radius 3 is 2.36 bits per heavy atom. The fourth-order valence-corrected chi connectivity index (χ4v) is 4.44. The van der Waals surface area contributed by atoms with Crippen LogP contribution in [-0.4, -0.2) is 62.7 Å². The van der Waals surface area contributed by atoms with Crippen LogP contribution in [0.2, 0.25) is 0 Å². The van der Waals surface area contributed by atoms with Gasteiger partial charge in [-0.05, 0) is 50.0 Å². The van der Waals surface area contributed by atoms with Gasteiger partial charge in [-0.3, -0.25) is 19.2 Å². The number of hydrogen-bond acceptors (Lipinski definition) is 4. The van der Waals surface area contributed by atoms with E-state index in [4.69, 9.17) is 5.11 Å². The number of hydrogen-bond donors (Lipinski definition) is 1. The van der Waals surface area contributed by atoms with Gasteiger partial charge in [-0.15, -0.1) is 0 Å². The smallest absolute Gasteiger partial charge is 0.435 e. The molecule has 11 heteroatoms. The fourth-order valence-electron chi connectivity index (χ4n) is 4.44. The number of rotatable bonds is 5. The average Bonchev–Trinajstić information content (AvgIpc) is 3.14. The first-order chi connectivity index (χ1) is 15.6. The van der Waals surface area contributed by atoms with E-state index in [1.54, 1.807) is 0 Å². The molecule has 3 heterocycles. The Balaban J connectivity index is 1.49. The Morgan fingerprint density at radius 1 is 1.09 bits per heavy atom. The molecule has 0 bridgehead atoms. The maximum absolute atomic E-state index is 13.6. The number of halogens is 4. The van der Waals surface area contributed by atoms with E-state index in [-0.39, 0.29) is 44.1 Å². The van der Waals surface area contributed by atoms with E-state index >= 15 is 0 Å². The monoisotopic (exact) mass is 468 g/mol. The molecule has 1 fully saturated rings. The second-order valence-corrected chi connectivity index (χ2v) is 8.51. The van der Waals surface area contributed by atoms with Crippen molar-refractivity contribution in [2.24, 2.45) is 5.92 Å². The molecule has 1 amide bonds. The van der Waals surface area contributed by atoms with Crippen molar-refractivity contribution in [3.8, 4) is 0 Å². The van der Waals surface area contributed by atoms with Crippen LogP contribution in [0.4, 0.5) is 17.6 Å². The molecule has 4 rings (SSSR count). The number of fused-ring (bicyclic) bond motifs is 1. The Labute approximate surface area is 187 Å². The number of benzene rings is 1. The van der Waals surface area contributed by atoms with Gasteiger partial charge in [0.1, 0.15) is 5.82 Å². The summed E-state index contributed by atoms with van der Waals surface area (Å²) < 4.78 is 55.2. The van der Waals surface area contributed by atoms with Gasteiger partial charge in [-0.25, -0.2) is 4.39 Å². The Bertz CT molecular complexity index is 1030. The Hall–Kier alpha value is -2.95. The number of likely N-dealkylation sites (tertiary alicyclic amines) is 1. The number of carbonyl (C=O) groups excluding carboxylic acids is 1. The lowest BCUT2D eigenvalue weighted by Gasteiger charge is -2.33. The zero-order valence-electron chi connectivity index (χ0n) is 17.8. The summed E-state index contributed by atoms with van der Waals surface area (Å²) in [5.41, 5.74) is 0.0781. The number of alkyl halides is 3. The molecule has 0 spiro atoms. The maximum atomic E-state index is 13.6. The van der Waals surface area contributed by atoms with Crippen molar-refractivity contribution in [3.63, 3.8) is 0 Å². The molecule has 1 aromatic carbocycles. The van der Waals surface area contributed by atoms with Crippen molar-refractivity contribution < 1.29 is 32.3 Å². The highest BCUT2D eigenvalue weighted by molar-refractivity contribution is 5.78. The number of carboxylic acid groups (broad SMARTS) is 1. The van der Waals surface area contributed by atoms with Crippen molar-refractivity contribution in [1.82, 2.24) is 19.6 Å². The van der Waals surface area contributed by atoms with Gasteiger partial charge in [0.15, 0.2) is 5.69 Å². The second kappa shape index (κ2) is 9.12. The summed E-state index contributed by atoms with van der Waals surface area (Å²) in [4.78, 5) is 27.4. The number of carboxylic acids is 1. The number of piperidine rings is 1. The Morgan fingerprint density at radius 2 is 1.76 bits per heavy atom. The van der Waals surface area contributed by atoms with Crippen LogP contribution in [0.3, 0.4) is 0 Å². The quantitative estimate of drug-likeness (QED) is 0.683. The second-order valence-electron chi connectivity index (χ2n) is 8.51. The van der Waals surface area contributed by atoms with E-state index in [0.717, 1.165) is 0 Å². The van der Waals surface area contributed by atoms with Gasteiger partial charge in [0.25, 0.3) is 0 Å². The molecule has 178 valence electrons. The molecule has 33 heavy (non-hydrogen) atoms. The first-order valence-electron chi connectivity index (χ1n) is 10.7. The molecule has 2 aliphatic heterocycles. The largest absolute Gasteiger partial charge is 0.481 e. The normalized spacial score (nSPS) is 17.8. The molecule has 1 N–H and O–H groups in total. The molecular formula is C22H24F4N4O3. The van der Waals surface area contributed by atoms with Crippen LogP contribution in [0.5, 0.6) is 0 Å². The molecule has 7 nitrogen and oxygen atoms in total. The summed E-state index contributed by atoms with van der Waals surface area (Å²) in [6, 6.07) is 5.45. The van der Waals surface area contributed by atoms with Crippen LogP contribution in [-0.2, 0) is 35.3 Å². The predicted octanol–water partition coefficient (Wildman–Crippen LogP) is 2.77. The first kappa shape index (κ1) is 23.2. The average molecular weight is 468 g/mol. The van der Waals surface area contributed by atoms with Crippen molar-refractivity contribution in [3.05, 3.63) is 52.6 Å². The third kappa shape index (κ3) is 5.18. The first-order valence-corrected chi connectivity index (χ1v) is 10.7. The summed E-state index contributed by atoms with van der Waals surface area (Å²) in [6.07, 6.45) is -3.64. The molecule has 0 atom stereocenters. The van der Waals surface area contributed by atoms with Gasteiger partial charge < -0.3 is 10.0 Å². The fraction of sp³-hybridized carbons (Fsp3) is 0.500. The lowest BCUT2D eigenvalue weighted by atomic mass is 9.97. The molecule has 0 unspecified atom stereocenters. The van der Waals surface area contributed by atoms with Gasteiger partial charge in [0.05, 0.1) is 31.2 Å². The summed E-state index contributed by atoms with van der Waals surface area (Å²) >= 11 is 0. The zero-order valence-corrected chi connectivity index (χ0v) is 17.8. The molecule has 0 saturated carbocycles. The summed E-state index contributed by atoms with van der Waals surface area (Å²) in [5, 5.41) is 12.9. The minimum absolute atomic E-state index is 0.00400.